The van der Waals surface area contributed by atoms with Gasteiger partial charge in [-0.25, -0.2) is 5.43 Å². The third kappa shape index (κ3) is 9.15. The molecule has 0 fully saturated rings. The van der Waals surface area contributed by atoms with Gasteiger partial charge in [0, 0.05) is 0 Å². The van der Waals surface area contributed by atoms with Crippen LogP contribution in [-0.4, -0.2) is 43.8 Å². The molecule has 0 saturated carbocycles. The molecule has 0 heterocycles. The van der Waals surface area contributed by atoms with Crippen molar-refractivity contribution in [2.75, 3.05) is 27.7 Å². The number of aryl methyl sites for hydroxylation is 1. The second-order valence-corrected chi connectivity index (χ2v) is 5.98. The summed E-state index contributed by atoms with van der Waals surface area (Å²) in [5, 5.41) is 4.06. The zero-order chi connectivity index (χ0) is 15.2. The predicted molar refractivity (Wildman–Crippen MR) is 94.7 cm³/mol. The Hall–Kier alpha value is -1.46. The van der Waals surface area contributed by atoms with E-state index in [-0.39, 0.29) is 22.9 Å². The van der Waals surface area contributed by atoms with Gasteiger partial charge in [-0.3, -0.25) is 4.79 Å². The molecule has 1 amide bonds. The molecule has 0 unspecified atom stereocenters. The highest BCUT2D eigenvalue weighted by Crippen LogP contribution is 2.04. The molecule has 1 N–H and O–H groups in total. The molecule has 0 aliphatic heterocycles. The predicted octanol–water partition coefficient (Wildman–Crippen LogP) is 2.78. The van der Waals surface area contributed by atoms with E-state index in [1.165, 1.54) is 5.56 Å². The zero-order valence-electron chi connectivity index (χ0n) is 13.4. The second kappa shape index (κ2) is 8.74. The summed E-state index contributed by atoms with van der Waals surface area (Å²) in [5.74, 6) is -0.0828. The molecule has 5 heteroatoms. The number of carbonyl (C=O) groups is 1. The minimum absolute atomic E-state index is 0. The fraction of sp³-hybridized carbons (Fsp3) is 0.375. The van der Waals surface area contributed by atoms with E-state index < -0.39 is 0 Å². The number of nitrogens with one attached hydrogen (secondary N) is 1. The van der Waals surface area contributed by atoms with E-state index >= 15 is 0 Å². The van der Waals surface area contributed by atoms with Gasteiger partial charge in [0.05, 0.1) is 26.9 Å². The molecule has 21 heavy (non-hydrogen) atoms. The number of amides is 1. The molecule has 1 aromatic rings. The summed E-state index contributed by atoms with van der Waals surface area (Å²) in [6.45, 7) is 4.32. The van der Waals surface area contributed by atoms with Crippen LogP contribution in [0.5, 0.6) is 0 Å². The van der Waals surface area contributed by atoms with Crippen LogP contribution in [0, 0.1) is 6.92 Å². The lowest BCUT2D eigenvalue weighted by molar-refractivity contribution is -0.862. The van der Waals surface area contributed by atoms with Crippen LogP contribution in [0.15, 0.2) is 35.4 Å². The lowest BCUT2D eigenvalue weighted by Crippen LogP contribution is -2.43. The van der Waals surface area contributed by atoms with Gasteiger partial charge >= 0.3 is 0 Å². The summed E-state index contributed by atoms with van der Waals surface area (Å²) in [5.41, 5.74) is 5.68. The number of hydrazone groups is 1. The second-order valence-electron chi connectivity index (χ2n) is 5.98. The first kappa shape index (κ1) is 19.5. The quantitative estimate of drug-likeness (QED) is 0.493. The normalized spacial score (nSPS) is 12.1. The van der Waals surface area contributed by atoms with Crippen molar-refractivity contribution < 1.29 is 9.28 Å². The highest BCUT2D eigenvalue weighted by molar-refractivity contribution is 8.93. The molecule has 4 nitrogen and oxygen atoms in total. The first-order chi connectivity index (χ1) is 9.26. The standard InChI is InChI=1S/C16H23N3O.BrH/c1-13-6-9-15(10-7-13)11-8-14(2)17-18-16(20)12-19(3,4)5;/h6-11H,12H2,1-5H3;1H/p+1/b11-8+,17-14+;. The van der Waals surface area contributed by atoms with Crippen LogP contribution in [0.1, 0.15) is 18.1 Å². The third-order valence-electron chi connectivity index (χ3n) is 2.57. The zero-order valence-corrected chi connectivity index (χ0v) is 15.1. The van der Waals surface area contributed by atoms with Gasteiger partial charge in [0.15, 0.2) is 6.54 Å². The molecule has 0 saturated heterocycles. The molecular formula is C16H25BrN3O+. The maximum atomic E-state index is 11.6. The van der Waals surface area contributed by atoms with E-state index in [1.807, 2.05) is 40.2 Å². The highest BCUT2D eigenvalue weighted by atomic mass is 79.9. The van der Waals surface area contributed by atoms with Crippen molar-refractivity contribution in [3.63, 3.8) is 0 Å². The molecule has 0 aliphatic rings. The number of nitrogens with zero attached hydrogens (tertiary/aromatic N) is 2. The summed E-state index contributed by atoms with van der Waals surface area (Å²) in [6.07, 6.45) is 3.86. The molecule has 1 aromatic carbocycles. The van der Waals surface area contributed by atoms with Crippen molar-refractivity contribution in [1.29, 1.82) is 0 Å². The number of rotatable bonds is 5. The molecule has 0 aliphatic carbocycles. The SMILES string of the molecule is Br.CC(/C=C/c1ccc(C)cc1)=N\NC(=O)C[N+](C)(C)C. The number of hydrogen-bond donors (Lipinski definition) is 1. The third-order valence-corrected chi connectivity index (χ3v) is 2.57. The minimum Gasteiger partial charge on any atom is -0.323 e. The number of likely N-dealkylation sites (N-methyl/N-ethyl adjacent to an activating group) is 1. The summed E-state index contributed by atoms with van der Waals surface area (Å²) in [6, 6.07) is 8.23. The van der Waals surface area contributed by atoms with Crippen LogP contribution in [0.4, 0.5) is 0 Å². The fourth-order valence-electron chi connectivity index (χ4n) is 1.55. The Morgan fingerprint density at radius 2 is 1.81 bits per heavy atom. The highest BCUT2D eigenvalue weighted by Gasteiger charge is 2.13. The molecule has 0 radical (unpaired) electrons. The van der Waals surface area contributed by atoms with E-state index in [0.717, 1.165) is 11.3 Å². The Bertz CT molecular complexity index is 513. The first-order valence-electron chi connectivity index (χ1n) is 6.64. The number of hydrogen-bond acceptors (Lipinski definition) is 2. The molecule has 0 aromatic heterocycles. The Morgan fingerprint density at radius 3 is 2.33 bits per heavy atom. The van der Waals surface area contributed by atoms with Crippen molar-refractivity contribution in [3.8, 4) is 0 Å². The van der Waals surface area contributed by atoms with Gasteiger partial charge < -0.3 is 4.48 Å². The lowest BCUT2D eigenvalue weighted by atomic mass is 10.1. The average molecular weight is 355 g/mol. The van der Waals surface area contributed by atoms with Crippen molar-refractivity contribution in [2.45, 2.75) is 13.8 Å². The Labute approximate surface area is 137 Å². The molecular weight excluding hydrogens is 330 g/mol. The average Bonchev–Trinajstić information content (AvgIpc) is 2.33. The van der Waals surface area contributed by atoms with E-state index in [2.05, 4.69) is 41.7 Å². The van der Waals surface area contributed by atoms with Gasteiger partial charge in [0.2, 0.25) is 0 Å². The van der Waals surface area contributed by atoms with E-state index in [9.17, 15) is 4.79 Å². The molecule has 0 bridgehead atoms. The summed E-state index contributed by atoms with van der Waals surface area (Å²) >= 11 is 0. The van der Waals surface area contributed by atoms with Gasteiger partial charge in [-0.15, -0.1) is 17.0 Å². The van der Waals surface area contributed by atoms with Gasteiger partial charge in [-0.1, -0.05) is 35.9 Å². The Kier molecular flexibility index (Phi) is 8.14. The first-order valence-corrected chi connectivity index (χ1v) is 6.64. The van der Waals surface area contributed by atoms with Crippen LogP contribution < -0.4 is 5.43 Å². The van der Waals surface area contributed by atoms with Gasteiger partial charge in [0.25, 0.3) is 5.91 Å². The number of halogens is 1. The molecule has 0 atom stereocenters. The monoisotopic (exact) mass is 354 g/mol. The number of allylic oxidation sites excluding steroid dienone is 1. The topological polar surface area (TPSA) is 41.5 Å². The van der Waals surface area contributed by atoms with Gasteiger partial charge in [0.1, 0.15) is 0 Å². The van der Waals surface area contributed by atoms with Crippen LogP contribution in [0.25, 0.3) is 6.08 Å². The van der Waals surface area contributed by atoms with E-state index in [1.54, 1.807) is 0 Å². The van der Waals surface area contributed by atoms with Crippen LogP contribution in [0.2, 0.25) is 0 Å². The van der Waals surface area contributed by atoms with E-state index in [4.69, 9.17) is 0 Å². The summed E-state index contributed by atoms with van der Waals surface area (Å²) in [7, 11) is 5.90. The lowest BCUT2D eigenvalue weighted by Gasteiger charge is -2.22. The number of quaternary nitrogens is 1. The largest absolute Gasteiger partial charge is 0.323 e. The van der Waals surface area contributed by atoms with E-state index in [0.29, 0.717) is 11.0 Å². The number of benzene rings is 1. The van der Waals surface area contributed by atoms with Crippen molar-refractivity contribution in [1.82, 2.24) is 5.43 Å². The van der Waals surface area contributed by atoms with Crippen molar-refractivity contribution >= 4 is 34.7 Å². The van der Waals surface area contributed by atoms with Gasteiger partial charge in [-0.05, 0) is 25.5 Å². The minimum atomic E-state index is -0.0828. The Balaban J connectivity index is 0.00000400. The maximum absolute atomic E-state index is 11.6. The van der Waals surface area contributed by atoms with Crippen molar-refractivity contribution in [3.05, 3.63) is 41.5 Å². The van der Waals surface area contributed by atoms with Crippen LogP contribution in [0.3, 0.4) is 0 Å². The smallest absolute Gasteiger partial charge is 0.295 e. The Morgan fingerprint density at radius 1 is 1.24 bits per heavy atom. The van der Waals surface area contributed by atoms with Crippen molar-refractivity contribution in [2.24, 2.45) is 5.10 Å². The van der Waals surface area contributed by atoms with Crippen LogP contribution in [-0.2, 0) is 4.79 Å². The fourth-order valence-corrected chi connectivity index (χ4v) is 1.55. The summed E-state index contributed by atoms with van der Waals surface area (Å²) < 4.78 is 0.583. The van der Waals surface area contributed by atoms with Crippen LogP contribution >= 0.6 is 17.0 Å². The molecule has 1 rings (SSSR count). The summed E-state index contributed by atoms with van der Waals surface area (Å²) in [4.78, 5) is 11.6. The molecule has 116 valence electrons. The number of carbonyl (C=O) groups excluding carboxylic acids is 1. The molecule has 0 spiro atoms. The van der Waals surface area contributed by atoms with Gasteiger partial charge in [-0.2, -0.15) is 5.10 Å². The maximum Gasteiger partial charge on any atom is 0.295 e.